The van der Waals surface area contributed by atoms with Crippen LogP contribution in [0.15, 0.2) is 0 Å². The molecule has 0 aliphatic heterocycles. The molecule has 0 heterocycles. The molecule has 0 saturated heterocycles. The average molecular weight is 227 g/mol. The summed E-state index contributed by atoms with van der Waals surface area (Å²) in [5.74, 6) is 0.0594. The lowest BCUT2D eigenvalue weighted by molar-refractivity contribution is -0.141. The minimum Gasteiger partial charge on any atom is -0.469 e. The summed E-state index contributed by atoms with van der Waals surface area (Å²) in [6.07, 6.45) is 1.22. The number of hydrogen-bond acceptors (Lipinski definition) is 3. The van der Waals surface area contributed by atoms with Crippen LogP contribution in [0.3, 0.4) is 0 Å². The number of methoxy groups -OCH3 is 1. The van der Waals surface area contributed by atoms with Crippen LogP contribution in [0, 0.1) is 12.5 Å². The predicted octanol–water partition coefficient (Wildman–Crippen LogP) is 2.29. The third-order valence-corrected chi connectivity index (χ3v) is 2.31. The van der Waals surface area contributed by atoms with E-state index in [4.69, 9.17) is 11.3 Å². The second-order valence-corrected chi connectivity index (χ2v) is 4.60. The Bertz CT molecular complexity index is 255. The van der Waals surface area contributed by atoms with E-state index in [1.54, 1.807) is 0 Å². The molecule has 0 aromatic rings. The van der Waals surface area contributed by atoms with Gasteiger partial charge in [-0.3, -0.25) is 4.79 Å². The number of esters is 1. The van der Waals surface area contributed by atoms with Crippen LogP contribution < -0.4 is 0 Å². The van der Waals surface area contributed by atoms with E-state index in [2.05, 4.69) is 9.58 Å². The van der Waals surface area contributed by atoms with Crippen LogP contribution in [-0.2, 0) is 14.3 Å². The van der Waals surface area contributed by atoms with Gasteiger partial charge in [0.2, 0.25) is 6.54 Å². The van der Waals surface area contributed by atoms with E-state index < -0.39 is 5.60 Å². The van der Waals surface area contributed by atoms with Gasteiger partial charge >= 0.3 is 5.97 Å². The molecule has 0 aliphatic rings. The van der Waals surface area contributed by atoms with Crippen molar-refractivity contribution in [3.63, 3.8) is 0 Å². The lowest BCUT2D eigenvalue weighted by Gasteiger charge is -2.20. The standard InChI is InChI=1S/C12H21NO3/c1-10(8-11(14)15-5)6-7-16-12(2,3)9-13-4/h10H,6-9H2,1-3,5H3. The van der Waals surface area contributed by atoms with Gasteiger partial charge in [-0.05, 0) is 26.2 Å². The maximum absolute atomic E-state index is 11.0. The maximum atomic E-state index is 11.0. The highest BCUT2D eigenvalue weighted by molar-refractivity contribution is 5.69. The first-order valence-electron chi connectivity index (χ1n) is 5.45. The third kappa shape index (κ3) is 7.24. The highest BCUT2D eigenvalue weighted by Gasteiger charge is 2.22. The van der Waals surface area contributed by atoms with Crippen LogP contribution in [0.2, 0.25) is 0 Å². The Labute approximate surface area is 97.7 Å². The van der Waals surface area contributed by atoms with Gasteiger partial charge < -0.3 is 14.3 Å². The molecule has 4 heteroatoms. The fourth-order valence-electron chi connectivity index (χ4n) is 1.24. The van der Waals surface area contributed by atoms with E-state index >= 15 is 0 Å². The van der Waals surface area contributed by atoms with Crippen molar-refractivity contribution < 1.29 is 14.3 Å². The largest absolute Gasteiger partial charge is 0.469 e. The van der Waals surface area contributed by atoms with E-state index in [0.29, 0.717) is 19.6 Å². The summed E-state index contributed by atoms with van der Waals surface area (Å²) in [4.78, 5) is 14.3. The summed E-state index contributed by atoms with van der Waals surface area (Å²) in [6.45, 7) is 13.5. The highest BCUT2D eigenvalue weighted by atomic mass is 16.5. The van der Waals surface area contributed by atoms with Gasteiger partial charge in [0.15, 0.2) is 0 Å². The molecule has 0 fully saturated rings. The molecule has 0 saturated carbocycles. The molecule has 92 valence electrons. The number of rotatable bonds is 7. The van der Waals surface area contributed by atoms with Gasteiger partial charge in [0.1, 0.15) is 5.60 Å². The molecule has 0 N–H and O–H groups in total. The Kier molecular flexibility index (Phi) is 6.75. The van der Waals surface area contributed by atoms with Gasteiger partial charge in [-0.1, -0.05) is 6.92 Å². The fraction of sp³-hybridized carbons (Fsp3) is 0.833. The van der Waals surface area contributed by atoms with Crippen molar-refractivity contribution in [3.05, 3.63) is 11.4 Å². The van der Waals surface area contributed by atoms with Gasteiger partial charge in [-0.25, -0.2) is 6.57 Å². The molecule has 0 aliphatic carbocycles. The van der Waals surface area contributed by atoms with Gasteiger partial charge in [0.05, 0.1) is 7.11 Å². The quantitative estimate of drug-likeness (QED) is 0.495. The predicted molar refractivity (Wildman–Crippen MR) is 61.9 cm³/mol. The molecule has 0 aromatic carbocycles. The molecule has 0 spiro atoms. The van der Waals surface area contributed by atoms with Crippen molar-refractivity contribution in [1.29, 1.82) is 0 Å². The topological polar surface area (TPSA) is 39.9 Å². The Morgan fingerprint density at radius 2 is 2.12 bits per heavy atom. The van der Waals surface area contributed by atoms with Gasteiger partial charge in [-0.15, -0.1) is 0 Å². The summed E-state index contributed by atoms with van der Waals surface area (Å²) in [6, 6.07) is 0. The molecular weight excluding hydrogens is 206 g/mol. The van der Waals surface area contributed by atoms with Gasteiger partial charge in [-0.2, -0.15) is 0 Å². The zero-order chi connectivity index (χ0) is 12.6. The van der Waals surface area contributed by atoms with Crippen LogP contribution in [0.4, 0.5) is 0 Å². The average Bonchev–Trinajstić information content (AvgIpc) is 2.16. The summed E-state index contributed by atoms with van der Waals surface area (Å²) in [7, 11) is 1.39. The summed E-state index contributed by atoms with van der Waals surface area (Å²) in [5, 5.41) is 0. The molecule has 0 rings (SSSR count). The summed E-state index contributed by atoms with van der Waals surface area (Å²) < 4.78 is 10.2. The minimum absolute atomic E-state index is 0.187. The van der Waals surface area contributed by atoms with E-state index in [0.717, 1.165) is 6.42 Å². The Hall–Kier alpha value is -1.08. The Morgan fingerprint density at radius 3 is 2.62 bits per heavy atom. The van der Waals surface area contributed by atoms with E-state index in [1.807, 2.05) is 20.8 Å². The van der Waals surface area contributed by atoms with Gasteiger partial charge in [0, 0.05) is 13.0 Å². The molecule has 0 bridgehead atoms. The van der Waals surface area contributed by atoms with Crippen molar-refractivity contribution in [2.45, 2.75) is 39.2 Å². The lowest BCUT2D eigenvalue weighted by Crippen LogP contribution is -2.28. The normalized spacial score (nSPS) is 12.9. The van der Waals surface area contributed by atoms with E-state index in [1.165, 1.54) is 7.11 Å². The Balaban J connectivity index is 3.73. The van der Waals surface area contributed by atoms with Crippen molar-refractivity contribution in [1.82, 2.24) is 0 Å². The SMILES string of the molecule is [C-]#[N+]CC(C)(C)OCCC(C)CC(=O)OC. The minimum atomic E-state index is -0.396. The summed E-state index contributed by atoms with van der Waals surface area (Å²) in [5.41, 5.74) is -0.396. The zero-order valence-electron chi connectivity index (χ0n) is 10.6. The molecule has 0 amide bonds. The van der Waals surface area contributed by atoms with Crippen molar-refractivity contribution in [2.24, 2.45) is 5.92 Å². The van der Waals surface area contributed by atoms with Gasteiger partial charge in [0.25, 0.3) is 0 Å². The number of hydrogen-bond donors (Lipinski definition) is 0. The second-order valence-electron chi connectivity index (χ2n) is 4.60. The molecule has 1 unspecified atom stereocenters. The van der Waals surface area contributed by atoms with Crippen LogP contribution in [0.1, 0.15) is 33.6 Å². The number of carbonyl (C=O) groups is 1. The van der Waals surface area contributed by atoms with Crippen molar-refractivity contribution in [2.75, 3.05) is 20.3 Å². The van der Waals surface area contributed by atoms with Crippen molar-refractivity contribution in [3.8, 4) is 0 Å². The van der Waals surface area contributed by atoms with Crippen LogP contribution in [0.5, 0.6) is 0 Å². The number of ether oxygens (including phenoxy) is 2. The fourth-order valence-corrected chi connectivity index (χ4v) is 1.24. The monoisotopic (exact) mass is 227 g/mol. The lowest BCUT2D eigenvalue weighted by atomic mass is 10.0. The van der Waals surface area contributed by atoms with E-state index in [9.17, 15) is 4.79 Å². The molecule has 0 radical (unpaired) electrons. The molecule has 4 nitrogen and oxygen atoms in total. The maximum Gasteiger partial charge on any atom is 0.305 e. The van der Waals surface area contributed by atoms with Crippen molar-refractivity contribution >= 4 is 5.97 Å². The first-order valence-corrected chi connectivity index (χ1v) is 5.45. The van der Waals surface area contributed by atoms with Crippen LogP contribution >= 0.6 is 0 Å². The smallest absolute Gasteiger partial charge is 0.305 e. The van der Waals surface area contributed by atoms with E-state index in [-0.39, 0.29) is 11.9 Å². The first kappa shape index (κ1) is 14.9. The highest BCUT2D eigenvalue weighted by Crippen LogP contribution is 2.14. The van der Waals surface area contributed by atoms with Crippen LogP contribution in [0.25, 0.3) is 4.85 Å². The molecule has 0 aromatic heterocycles. The third-order valence-electron chi connectivity index (χ3n) is 2.31. The Morgan fingerprint density at radius 1 is 1.50 bits per heavy atom. The second kappa shape index (κ2) is 7.24. The number of carbonyl (C=O) groups excluding carboxylic acids is 1. The van der Waals surface area contributed by atoms with Crippen LogP contribution in [-0.4, -0.2) is 31.8 Å². The molecule has 1 atom stereocenters. The first-order chi connectivity index (χ1) is 7.41. The summed E-state index contributed by atoms with van der Waals surface area (Å²) >= 11 is 0. The number of nitrogens with zero attached hydrogens (tertiary/aromatic N) is 1. The molecular formula is C12H21NO3. The molecule has 16 heavy (non-hydrogen) atoms. The zero-order valence-corrected chi connectivity index (χ0v) is 10.6.